The first-order valence-corrected chi connectivity index (χ1v) is 10.5. The molecule has 154 valence electrons. The van der Waals surface area contributed by atoms with Crippen LogP contribution in [0.5, 0.6) is 5.75 Å². The molecule has 0 aliphatic rings. The molecular formula is C24H31N3O2. The van der Waals surface area contributed by atoms with Gasteiger partial charge in [0.2, 0.25) is 0 Å². The number of ether oxygens (including phenoxy) is 1. The molecule has 0 N–H and O–H groups in total. The maximum absolute atomic E-state index is 13.3. The number of carbonyl (C=O) groups excluding carboxylic acids is 1. The number of hydrogen-bond donors (Lipinski definition) is 0. The van der Waals surface area contributed by atoms with Crippen LogP contribution in [0.3, 0.4) is 0 Å². The molecule has 0 atom stereocenters. The number of methoxy groups -OCH3 is 1. The molecule has 0 aliphatic carbocycles. The summed E-state index contributed by atoms with van der Waals surface area (Å²) in [7, 11) is 1.62. The minimum atomic E-state index is 0.0199. The average Bonchev–Trinajstić information content (AvgIpc) is 3.11. The number of amides is 1. The van der Waals surface area contributed by atoms with Crippen molar-refractivity contribution in [2.75, 3.05) is 13.7 Å². The van der Waals surface area contributed by atoms with E-state index >= 15 is 0 Å². The van der Waals surface area contributed by atoms with Crippen LogP contribution in [0.25, 0.3) is 11.0 Å². The predicted molar refractivity (Wildman–Crippen MR) is 117 cm³/mol. The minimum Gasteiger partial charge on any atom is -0.497 e. The fourth-order valence-corrected chi connectivity index (χ4v) is 3.52. The Kier molecular flexibility index (Phi) is 7.28. The third-order valence-electron chi connectivity index (χ3n) is 5.19. The first-order chi connectivity index (χ1) is 14.2. The number of hydrogen-bond acceptors (Lipinski definition) is 3. The molecule has 0 fully saturated rings. The first kappa shape index (κ1) is 20.9. The van der Waals surface area contributed by atoms with E-state index < -0.39 is 0 Å². The Morgan fingerprint density at radius 3 is 2.62 bits per heavy atom. The topological polar surface area (TPSA) is 47.4 Å². The third kappa shape index (κ3) is 4.97. The van der Waals surface area contributed by atoms with Gasteiger partial charge in [0.05, 0.1) is 24.7 Å². The van der Waals surface area contributed by atoms with Crippen molar-refractivity contribution in [3.63, 3.8) is 0 Å². The van der Waals surface area contributed by atoms with E-state index in [2.05, 4.69) is 24.5 Å². The van der Waals surface area contributed by atoms with Crippen molar-refractivity contribution in [1.82, 2.24) is 14.5 Å². The van der Waals surface area contributed by atoms with Crippen molar-refractivity contribution in [3.05, 3.63) is 59.9 Å². The summed E-state index contributed by atoms with van der Waals surface area (Å²) in [6, 6.07) is 15.6. The summed E-state index contributed by atoms with van der Waals surface area (Å²) in [5.41, 5.74) is 2.78. The fraction of sp³-hybridized carbons (Fsp3) is 0.417. The van der Waals surface area contributed by atoms with Gasteiger partial charge in [-0.25, -0.2) is 4.98 Å². The molecule has 3 rings (SSSR count). The van der Waals surface area contributed by atoms with Crippen molar-refractivity contribution in [2.45, 2.75) is 52.6 Å². The van der Waals surface area contributed by atoms with Gasteiger partial charge in [0, 0.05) is 18.7 Å². The van der Waals surface area contributed by atoms with E-state index in [1.54, 1.807) is 13.2 Å². The van der Waals surface area contributed by atoms with Crippen LogP contribution in [0, 0.1) is 0 Å². The van der Waals surface area contributed by atoms with Crippen LogP contribution >= 0.6 is 0 Å². The summed E-state index contributed by atoms with van der Waals surface area (Å²) < 4.78 is 7.57. The van der Waals surface area contributed by atoms with E-state index in [1.807, 2.05) is 41.3 Å². The van der Waals surface area contributed by atoms with E-state index in [0.29, 0.717) is 24.4 Å². The van der Waals surface area contributed by atoms with Gasteiger partial charge in [0.15, 0.2) is 0 Å². The van der Waals surface area contributed by atoms with Crippen LogP contribution in [0.4, 0.5) is 0 Å². The van der Waals surface area contributed by atoms with Gasteiger partial charge in [-0.15, -0.1) is 0 Å². The number of aromatic nitrogens is 2. The number of benzene rings is 2. The quantitative estimate of drug-likeness (QED) is 0.470. The van der Waals surface area contributed by atoms with E-state index in [4.69, 9.17) is 9.72 Å². The summed E-state index contributed by atoms with van der Waals surface area (Å²) in [6.07, 6.45) is 4.21. The van der Waals surface area contributed by atoms with E-state index in [0.717, 1.165) is 49.1 Å². The monoisotopic (exact) mass is 393 g/mol. The molecular weight excluding hydrogens is 362 g/mol. The van der Waals surface area contributed by atoms with E-state index in [9.17, 15) is 4.79 Å². The Bertz CT molecular complexity index is 948. The zero-order chi connectivity index (χ0) is 20.6. The predicted octanol–water partition coefficient (Wildman–Crippen LogP) is 5.29. The molecule has 1 aromatic heterocycles. The molecule has 5 heteroatoms. The first-order valence-electron chi connectivity index (χ1n) is 10.5. The van der Waals surface area contributed by atoms with Gasteiger partial charge in [0.25, 0.3) is 5.91 Å². The normalized spacial score (nSPS) is 11.0. The largest absolute Gasteiger partial charge is 0.497 e. The van der Waals surface area contributed by atoms with Crippen LogP contribution in [0.2, 0.25) is 0 Å². The lowest BCUT2D eigenvalue weighted by Crippen LogP contribution is -2.32. The van der Waals surface area contributed by atoms with Crippen molar-refractivity contribution >= 4 is 16.9 Å². The number of unbranched alkanes of at least 4 members (excludes halogenated alkanes) is 2. The molecule has 0 saturated carbocycles. The maximum atomic E-state index is 13.3. The molecule has 1 heterocycles. The highest BCUT2D eigenvalue weighted by Gasteiger charge is 2.20. The lowest BCUT2D eigenvalue weighted by Gasteiger charge is -2.23. The lowest BCUT2D eigenvalue weighted by atomic mass is 10.1. The van der Waals surface area contributed by atoms with Crippen molar-refractivity contribution in [1.29, 1.82) is 0 Å². The SMILES string of the molecule is CCCCN(Cc1nc2ccccc2n1CCCC)C(=O)c1cccc(OC)c1. The zero-order valence-corrected chi connectivity index (χ0v) is 17.7. The van der Waals surface area contributed by atoms with Gasteiger partial charge in [0.1, 0.15) is 11.6 Å². The number of fused-ring (bicyclic) bond motifs is 1. The number of aryl methyl sites for hydroxylation is 1. The second-order valence-electron chi connectivity index (χ2n) is 7.33. The Hall–Kier alpha value is -2.82. The number of imidazole rings is 1. The Balaban J connectivity index is 1.92. The molecule has 0 radical (unpaired) electrons. The summed E-state index contributed by atoms with van der Waals surface area (Å²) >= 11 is 0. The molecule has 1 amide bonds. The highest BCUT2D eigenvalue weighted by molar-refractivity contribution is 5.94. The van der Waals surface area contributed by atoms with E-state index in [-0.39, 0.29) is 5.91 Å². The standard InChI is InChI=1S/C24H31N3O2/c1-4-6-15-26(24(28)19-11-10-12-20(17-19)29-3)18-23-25-21-13-8-9-14-22(21)27(23)16-7-5-2/h8-14,17H,4-7,15-16,18H2,1-3H3. The second kappa shape index (κ2) is 10.1. The molecule has 2 aromatic carbocycles. The van der Waals surface area contributed by atoms with Crippen LogP contribution < -0.4 is 4.74 Å². The molecule has 0 saturated heterocycles. The Morgan fingerprint density at radius 2 is 1.86 bits per heavy atom. The van der Waals surface area contributed by atoms with Crippen molar-refractivity contribution < 1.29 is 9.53 Å². The Labute approximate surface area is 173 Å². The second-order valence-corrected chi connectivity index (χ2v) is 7.33. The molecule has 29 heavy (non-hydrogen) atoms. The molecule has 0 spiro atoms. The van der Waals surface area contributed by atoms with Crippen LogP contribution in [-0.4, -0.2) is 34.0 Å². The van der Waals surface area contributed by atoms with Gasteiger partial charge >= 0.3 is 0 Å². The van der Waals surface area contributed by atoms with Gasteiger partial charge in [-0.1, -0.05) is 44.9 Å². The van der Waals surface area contributed by atoms with Crippen LogP contribution in [0.1, 0.15) is 55.7 Å². The summed E-state index contributed by atoms with van der Waals surface area (Å²) in [6.45, 7) is 6.47. The molecule has 0 bridgehead atoms. The molecule has 5 nitrogen and oxygen atoms in total. The third-order valence-corrected chi connectivity index (χ3v) is 5.19. The fourth-order valence-electron chi connectivity index (χ4n) is 3.52. The van der Waals surface area contributed by atoms with Crippen LogP contribution in [0.15, 0.2) is 48.5 Å². The zero-order valence-electron chi connectivity index (χ0n) is 17.7. The van der Waals surface area contributed by atoms with Crippen molar-refractivity contribution in [2.24, 2.45) is 0 Å². The maximum Gasteiger partial charge on any atom is 0.254 e. The molecule has 3 aromatic rings. The van der Waals surface area contributed by atoms with Gasteiger partial charge in [-0.2, -0.15) is 0 Å². The summed E-state index contributed by atoms with van der Waals surface area (Å²) in [5, 5.41) is 0. The smallest absolute Gasteiger partial charge is 0.254 e. The summed E-state index contributed by atoms with van der Waals surface area (Å²) in [5.74, 6) is 1.67. The minimum absolute atomic E-state index is 0.0199. The van der Waals surface area contributed by atoms with Gasteiger partial charge < -0.3 is 14.2 Å². The number of nitrogens with zero attached hydrogens (tertiary/aromatic N) is 3. The molecule has 0 unspecified atom stereocenters. The number of carbonyl (C=O) groups is 1. The highest BCUT2D eigenvalue weighted by Crippen LogP contribution is 2.21. The van der Waals surface area contributed by atoms with Crippen LogP contribution in [-0.2, 0) is 13.1 Å². The van der Waals surface area contributed by atoms with Crippen molar-refractivity contribution in [3.8, 4) is 5.75 Å². The Morgan fingerprint density at radius 1 is 1.07 bits per heavy atom. The summed E-state index contributed by atoms with van der Waals surface area (Å²) in [4.78, 5) is 20.1. The van der Waals surface area contributed by atoms with Gasteiger partial charge in [-0.3, -0.25) is 4.79 Å². The average molecular weight is 394 g/mol. The number of para-hydroxylation sites is 2. The highest BCUT2D eigenvalue weighted by atomic mass is 16.5. The van der Waals surface area contributed by atoms with Gasteiger partial charge in [-0.05, 0) is 43.2 Å². The lowest BCUT2D eigenvalue weighted by molar-refractivity contribution is 0.0734. The molecule has 0 aliphatic heterocycles. The number of rotatable bonds is 10. The van der Waals surface area contributed by atoms with E-state index in [1.165, 1.54) is 0 Å².